The van der Waals surface area contributed by atoms with E-state index >= 15 is 0 Å². The highest BCUT2D eigenvalue weighted by Crippen LogP contribution is 1.69. The molecule has 1 aliphatic heterocycles. The van der Waals surface area contributed by atoms with Crippen molar-refractivity contribution in [3.63, 3.8) is 0 Å². The lowest BCUT2D eigenvalue weighted by atomic mass is 10.9. The van der Waals surface area contributed by atoms with Gasteiger partial charge in [-0.1, -0.05) is 0 Å². The van der Waals surface area contributed by atoms with E-state index in [0.717, 1.165) is 0 Å². The lowest BCUT2D eigenvalue weighted by molar-refractivity contribution is -0.413. The lowest BCUT2D eigenvalue weighted by Gasteiger charge is -1.70. The van der Waals surface area contributed by atoms with E-state index in [-0.39, 0.29) is 0 Å². The van der Waals surface area contributed by atoms with Crippen LogP contribution in [-0.2, 0) is 0 Å². The molecule has 0 aromatic carbocycles. The second kappa shape index (κ2) is 1.07. The average Bonchev–Trinajstić information content (AvgIpc) is 1.86. The van der Waals surface area contributed by atoms with Crippen molar-refractivity contribution in [3.05, 3.63) is 6.20 Å². The maximum atomic E-state index is 3.66. The van der Waals surface area contributed by atoms with E-state index in [1.54, 1.807) is 12.5 Å². The summed E-state index contributed by atoms with van der Waals surface area (Å²) in [4.78, 5) is 3.66. The van der Waals surface area contributed by atoms with Crippen LogP contribution >= 0.6 is 0 Å². The van der Waals surface area contributed by atoms with Gasteiger partial charge in [0.05, 0.1) is 7.05 Å². The van der Waals surface area contributed by atoms with Gasteiger partial charge >= 0.3 is 0 Å². The summed E-state index contributed by atoms with van der Waals surface area (Å²) < 4.78 is 1.83. The van der Waals surface area contributed by atoms with Gasteiger partial charge < -0.3 is 0 Å². The molecule has 0 aliphatic carbocycles. The smallest absolute Gasteiger partial charge is 0.229 e. The molecule has 0 saturated carbocycles. The highest BCUT2D eigenvalue weighted by molar-refractivity contribution is 5.69. The van der Waals surface area contributed by atoms with Crippen LogP contribution in [-0.4, -0.2) is 23.8 Å². The Balaban J connectivity index is 2.88. The monoisotopic (exact) mass is 81.0 g/mol. The summed E-state index contributed by atoms with van der Waals surface area (Å²) >= 11 is 0. The standard InChI is InChI=1S/C4H5N2/c1-6-3-2-5-4-6/h3-4H,1H3/q+1. The Labute approximate surface area is 36.1 Å². The number of hydrogen-bond acceptors (Lipinski definition) is 1. The molecule has 30 valence electrons. The molecule has 0 spiro atoms. The Morgan fingerprint density at radius 2 is 2.67 bits per heavy atom. The van der Waals surface area contributed by atoms with Crippen molar-refractivity contribution in [1.29, 1.82) is 0 Å². The summed E-state index contributed by atoms with van der Waals surface area (Å²) in [5.41, 5.74) is 0. The minimum absolute atomic E-state index is 1.69. The van der Waals surface area contributed by atoms with Crippen LogP contribution in [0.1, 0.15) is 0 Å². The van der Waals surface area contributed by atoms with Crippen LogP contribution in [0.3, 0.4) is 0 Å². The van der Waals surface area contributed by atoms with E-state index < -0.39 is 0 Å². The topological polar surface area (TPSA) is 15.4 Å². The van der Waals surface area contributed by atoms with Crippen LogP contribution in [0.25, 0.3) is 0 Å². The normalized spacial score (nSPS) is 15.8. The molecule has 0 aromatic rings. The Hall–Kier alpha value is -0.880. The zero-order valence-corrected chi connectivity index (χ0v) is 3.55. The second-order valence-electron chi connectivity index (χ2n) is 1.17. The summed E-state index contributed by atoms with van der Waals surface area (Å²) in [6, 6.07) is 0. The van der Waals surface area contributed by atoms with Crippen LogP contribution in [0.4, 0.5) is 0 Å². The van der Waals surface area contributed by atoms with Gasteiger partial charge in [-0.2, -0.15) is 0 Å². The van der Waals surface area contributed by atoms with Crippen LogP contribution in [0.5, 0.6) is 0 Å². The molecule has 1 heterocycles. The molecule has 0 radical (unpaired) electrons. The van der Waals surface area contributed by atoms with Gasteiger partial charge in [-0.3, -0.25) is 0 Å². The fraction of sp³-hybridized carbons (Fsp3) is 0.250. The van der Waals surface area contributed by atoms with E-state index in [4.69, 9.17) is 0 Å². The predicted octanol–water partition coefficient (Wildman–Crippen LogP) is -0.146. The average molecular weight is 81.1 g/mol. The Bertz CT molecular complexity index is 138. The Kier molecular flexibility index (Phi) is 0.592. The van der Waals surface area contributed by atoms with Crippen molar-refractivity contribution in [3.8, 4) is 0 Å². The van der Waals surface area contributed by atoms with Gasteiger partial charge in [0.15, 0.2) is 12.1 Å². The van der Waals surface area contributed by atoms with Crippen molar-refractivity contribution < 1.29 is 4.58 Å². The van der Waals surface area contributed by atoms with Gasteiger partial charge in [0.2, 0.25) is 0 Å². The van der Waals surface area contributed by atoms with Gasteiger partial charge in [-0.25, -0.2) is 4.58 Å². The maximum Gasteiger partial charge on any atom is 0.297 e. The number of rotatable bonds is 0. The van der Waals surface area contributed by atoms with E-state index in [2.05, 4.69) is 10.9 Å². The summed E-state index contributed by atoms with van der Waals surface area (Å²) in [6.45, 7) is 0. The third-order valence-corrected chi connectivity index (χ3v) is 0.576. The fourth-order valence-corrected chi connectivity index (χ4v) is 0.282. The highest BCUT2D eigenvalue weighted by Gasteiger charge is 1.87. The number of nitrogens with zero attached hydrogens (tertiary/aromatic N) is 2. The van der Waals surface area contributed by atoms with Gasteiger partial charge in [-0.15, -0.1) is 0 Å². The van der Waals surface area contributed by atoms with Crippen molar-refractivity contribution in [2.75, 3.05) is 7.05 Å². The third kappa shape index (κ3) is 0.374. The van der Waals surface area contributed by atoms with Crippen molar-refractivity contribution in [2.24, 2.45) is 4.99 Å². The fourth-order valence-electron chi connectivity index (χ4n) is 0.282. The second-order valence-corrected chi connectivity index (χ2v) is 1.17. The largest absolute Gasteiger partial charge is 0.297 e. The van der Waals surface area contributed by atoms with Crippen LogP contribution in [0.2, 0.25) is 0 Å². The molecular weight excluding hydrogens is 76.1 g/mol. The SMILES string of the molecule is C[N+]1=CN=C=C1. The van der Waals surface area contributed by atoms with E-state index in [0.29, 0.717) is 0 Å². The number of hydrogen-bond donors (Lipinski definition) is 0. The van der Waals surface area contributed by atoms with E-state index in [1.165, 1.54) is 0 Å². The first kappa shape index (κ1) is 3.32. The van der Waals surface area contributed by atoms with Crippen molar-refractivity contribution >= 4 is 12.2 Å². The van der Waals surface area contributed by atoms with E-state index in [1.807, 2.05) is 11.6 Å². The van der Waals surface area contributed by atoms with E-state index in [9.17, 15) is 0 Å². The molecule has 0 saturated heterocycles. The van der Waals surface area contributed by atoms with Crippen LogP contribution < -0.4 is 0 Å². The molecular formula is C4H5N2+. The third-order valence-electron chi connectivity index (χ3n) is 0.576. The summed E-state index contributed by atoms with van der Waals surface area (Å²) in [5.74, 6) is 2.64. The van der Waals surface area contributed by atoms with Gasteiger partial charge in [0.1, 0.15) is 0 Å². The summed E-state index contributed by atoms with van der Waals surface area (Å²) in [7, 11) is 1.91. The molecule has 1 rings (SSSR count). The molecule has 0 atom stereocenters. The summed E-state index contributed by atoms with van der Waals surface area (Å²) in [6.07, 6.45) is 3.46. The minimum Gasteiger partial charge on any atom is -0.229 e. The van der Waals surface area contributed by atoms with Crippen LogP contribution in [0.15, 0.2) is 11.2 Å². The first-order valence-electron chi connectivity index (χ1n) is 1.73. The highest BCUT2D eigenvalue weighted by atomic mass is 15.0. The molecule has 6 heavy (non-hydrogen) atoms. The number of aliphatic imine (C=N–C) groups is 1. The molecule has 0 amide bonds. The summed E-state index contributed by atoms with van der Waals surface area (Å²) in [5, 5.41) is 0. The van der Waals surface area contributed by atoms with Crippen molar-refractivity contribution in [1.82, 2.24) is 0 Å². The first-order chi connectivity index (χ1) is 2.89. The molecule has 0 fully saturated rings. The van der Waals surface area contributed by atoms with Crippen LogP contribution in [0, 0.1) is 0 Å². The molecule has 2 heteroatoms. The molecule has 0 unspecified atom stereocenters. The van der Waals surface area contributed by atoms with Gasteiger partial charge in [0.25, 0.3) is 6.34 Å². The predicted molar refractivity (Wildman–Crippen MR) is 24.3 cm³/mol. The molecule has 0 N–H and O–H groups in total. The van der Waals surface area contributed by atoms with Gasteiger partial charge in [0, 0.05) is 4.99 Å². The molecule has 0 bridgehead atoms. The Morgan fingerprint density at radius 3 is 2.83 bits per heavy atom. The minimum atomic E-state index is 1.69. The quantitative estimate of drug-likeness (QED) is 0.360. The lowest BCUT2D eigenvalue weighted by Crippen LogP contribution is -1.88. The molecule has 1 aliphatic rings. The zero-order chi connectivity index (χ0) is 4.41. The first-order valence-corrected chi connectivity index (χ1v) is 1.73. The molecule has 0 aromatic heterocycles. The molecule has 2 nitrogen and oxygen atoms in total. The van der Waals surface area contributed by atoms with Crippen molar-refractivity contribution in [2.45, 2.75) is 0 Å². The van der Waals surface area contributed by atoms with Gasteiger partial charge in [-0.05, 0) is 0 Å². The zero-order valence-electron chi connectivity index (χ0n) is 3.55. The maximum absolute atomic E-state index is 3.66. The Morgan fingerprint density at radius 1 is 1.83 bits per heavy atom.